The standard InChI is InChI=1S/C12H18OS2/c1-3-5-11(8-10(2)9-13)12-14-6-4-7-15-12/h3,5,12-13H,4,6-7,9H2,1-2H3/b5-3+. The third kappa shape index (κ3) is 4.52. The van der Waals surface area contributed by atoms with Gasteiger partial charge >= 0.3 is 0 Å². The SMILES string of the molecule is C/C=C/C(=C=C(C)CO)C1SCCCS1. The minimum absolute atomic E-state index is 0.100. The number of thioether (sulfide) groups is 2. The van der Waals surface area contributed by atoms with Crippen molar-refractivity contribution in [2.45, 2.75) is 24.9 Å². The van der Waals surface area contributed by atoms with Gasteiger partial charge in [-0.1, -0.05) is 12.2 Å². The molecule has 15 heavy (non-hydrogen) atoms. The normalized spacial score (nSPS) is 17.8. The highest BCUT2D eigenvalue weighted by molar-refractivity contribution is 8.17. The van der Waals surface area contributed by atoms with Crippen LogP contribution in [0.2, 0.25) is 0 Å². The van der Waals surface area contributed by atoms with Crippen molar-refractivity contribution in [1.82, 2.24) is 0 Å². The second-order valence-electron chi connectivity index (χ2n) is 3.45. The van der Waals surface area contributed by atoms with Crippen molar-refractivity contribution in [1.29, 1.82) is 0 Å². The summed E-state index contributed by atoms with van der Waals surface area (Å²) in [6.45, 7) is 4.04. The third-order valence-electron chi connectivity index (χ3n) is 2.02. The first-order chi connectivity index (χ1) is 7.27. The topological polar surface area (TPSA) is 20.2 Å². The molecule has 0 spiro atoms. The van der Waals surface area contributed by atoms with E-state index in [0.29, 0.717) is 4.58 Å². The molecule has 1 aliphatic heterocycles. The third-order valence-corrected chi connectivity index (χ3v) is 5.00. The molecular formula is C12H18OS2. The predicted octanol–water partition coefficient (Wildman–Crippen LogP) is 3.22. The van der Waals surface area contributed by atoms with E-state index in [0.717, 1.165) is 5.57 Å². The van der Waals surface area contributed by atoms with E-state index in [1.54, 1.807) is 0 Å². The van der Waals surface area contributed by atoms with E-state index in [4.69, 9.17) is 5.11 Å². The molecule has 1 nitrogen and oxygen atoms in total. The van der Waals surface area contributed by atoms with Gasteiger partial charge in [0.25, 0.3) is 0 Å². The van der Waals surface area contributed by atoms with Gasteiger partial charge in [0.1, 0.15) is 0 Å². The molecule has 1 aliphatic rings. The fourth-order valence-electron chi connectivity index (χ4n) is 1.31. The molecular weight excluding hydrogens is 224 g/mol. The molecule has 0 bridgehead atoms. The molecule has 0 aliphatic carbocycles. The van der Waals surface area contributed by atoms with Crippen LogP contribution >= 0.6 is 23.5 Å². The molecule has 0 aromatic carbocycles. The lowest BCUT2D eigenvalue weighted by molar-refractivity contribution is 0.331. The Bertz CT molecular complexity index is 282. The van der Waals surface area contributed by atoms with Crippen LogP contribution in [0, 0.1) is 0 Å². The highest BCUT2D eigenvalue weighted by Crippen LogP contribution is 2.35. The molecule has 0 atom stereocenters. The molecule has 1 rings (SSSR count). The summed E-state index contributed by atoms with van der Waals surface area (Å²) in [5, 5.41) is 9.00. The van der Waals surface area contributed by atoms with Crippen LogP contribution in [0.1, 0.15) is 20.3 Å². The fourth-order valence-corrected chi connectivity index (χ4v) is 4.14. The van der Waals surface area contributed by atoms with Gasteiger partial charge in [-0.25, -0.2) is 0 Å². The first-order valence-corrected chi connectivity index (χ1v) is 7.30. The molecule has 0 saturated carbocycles. The van der Waals surface area contributed by atoms with Crippen molar-refractivity contribution in [3.63, 3.8) is 0 Å². The number of aliphatic hydroxyl groups is 1. The van der Waals surface area contributed by atoms with Gasteiger partial charge in [-0.15, -0.1) is 29.3 Å². The molecule has 1 fully saturated rings. The Labute approximate surface area is 101 Å². The number of allylic oxidation sites excluding steroid dienone is 2. The summed E-state index contributed by atoms with van der Waals surface area (Å²) in [7, 11) is 0. The van der Waals surface area contributed by atoms with Crippen LogP contribution in [0.4, 0.5) is 0 Å². The number of aliphatic hydroxyl groups excluding tert-OH is 1. The summed E-state index contributed by atoms with van der Waals surface area (Å²) in [5.41, 5.74) is 5.41. The van der Waals surface area contributed by atoms with Crippen LogP contribution in [0.3, 0.4) is 0 Å². The van der Waals surface area contributed by atoms with Crippen LogP contribution in [-0.4, -0.2) is 27.8 Å². The van der Waals surface area contributed by atoms with E-state index >= 15 is 0 Å². The van der Waals surface area contributed by atoms with Gasteiger partial charge in [0.2, 0.25) is 0 Å². The second-order valence-corrected chi connectivity index (χ2v) is 6.17. The van der Waals surface area contributed by atoms with Gasteiger partial charge < -0.3 is 5.11 Å². The van der Waals surface area contributed by atoms with E-state index in [9.17, 15) is 0 Å². The Morgan fingerprint density at radius 1 is 1.47 bits per heavy atom. The highest BCUT2D eigenvalue weighted by Gasteiger charge is 2.16. The van der Waals surface area contributed by atoms with Gasteiger partial charge in [0.05, 0.1) is 11.2 Å². The van der Waals surface area contributed by atoms with Crippen LogP contribution in [-0.2, 0) is 0 Å². The molecule has 1 N–H and O–H groups in total. The summed E-state index contributed by atoms with van der Waals surface area (Å²) in [6, 6.07) is 0. The number of hydrogen-bond acceptors (Lipinski definition) is 3. The smallest absolute Gasteiger partial charge is 0.0822 e. The summed E-state index contributed by atoms with van der Waals surface area (Å²) >= 11 is 3.96. The van der Waals surface area contributed by atoms with Crippen molar-refractivity contribution in [2.75, 3.05) is 18.1 Å². The first-order valence-electron chi connectivity index (χ1n) is 5.21. The minimum atomic E-state index is 0.100. The van der Waals surface area contributed by atoms with Gasteiger partial charge in [-0.3, -0.25) is 0 Å². The monoisotopic (exact) mass is 242 g/mol. The molecule has 0 aromatic heterocycles. The lowest BCUT2D eigenvalue weighted by atomic mass is 10.2. The average Bonchev–Trinajstić information content (AvgIpc) is 2.29. The first kappa shape index (κ1) is 13.0. The summed E-state index contributed by atoms with van der Waals surface area (Å²) in [6.07, 6.45) is 5.45. The largest absolute Gasteiger partial charge is 0.391 e. The van der Waals surface area contributed by atoms with E-state index < -0.39 is 0 Å². The highest BCUT2D eigenvalue weighted by atomic mass is 32.2. The Hall–Kier alpha value is -0.0800. The van der Waals surface area contributed by atoms with Gasteiger partial charge in [-0.2, -0.15) is 0 Å². The molecule has 1 heterocycles. The van der Waals surface area contributed by atoms with Gasteiger partial charge in [-0.05, 0) is 37.3 Å². The van der Waals surface area contributed by atoms with Gasteiger partial charge in [0.15, 0.2) is 0 Å². The van der Waals surface area contributed by atoms with Crippen molar-refractivity contribution < 1.29 is 5.11 Å². The quantitative estimate of drug-likeness (QED) is 0.606. The van der Waals surface area contributed by atoms with Crippen molar-refractivity contribution in [3.05, 3.63) is 29.0 Å². The molecule has 3 heteroatoms. The molecule has 0 amide bonds. The predicted molar refractivity (Wildman–Crippen MR) is 71.4 cm³/mol. The minimum Gasteiger partial charge on any atom is -0.391 e. The summed E-state index contributed by atoms with van der Waals surface area (Å²) in [5.74, 6) is 2.47. The zero-order chi connectivity index (χ0) is 11.1. The van der Waals surface area contributed by atoms with Crippen molar-refractivity contribution in [2.24, 2.45) is 0 Å². The second kappa shape index (κ2) is 7.24. The zero-order valence-electron chi connectivity index (χ0n) is 9.32. The van der Waals surface area contributed by atoms with E-state index in [2.05, 4.69) is 11.8 Å². The Balaban J connectivity index is 2.85. The van der Waals surface area contributed by atoms with Crippen LogP contribution in [0.5, 0.6) is 0 Å². The maximum Gasteiger partial charge on any atom is 0.0822 e. The Morgan fingerprint density at radius 2 is 2.13 bits per heavy atom. The maximum atomic E-state index is 9.00. The molecule has 84 valence electrons. The van der Waals surface area contributed by atoms with Crippen LogP contribution < -0.4 is 0 Å². The van der Waals surface area contributed by atoms with E-state index in [1.165, 1.54) is 23.5 Å². The zero-order valence-corrected chi connectivity index (χ0v) is 11.0. The molecule has 0 unspecified atom stereocenters. The van der Waals surface area contributed by atoms with Crippen LogP contribution in [0.15, 0.2) is 29.0 Å². The number of rotatable bonds is 3. The lowest BCUT2D eigenvalue weighted by Crippen LogP contribution is -2.08. The van der Waals surface area contributed by atoms with E-state index in [-0.39, 0.29) is 6.61 Å². The Kier molecular flexibility index (Phi) is 6.26. The fraction of sp³-hybridized carbons (Fsp3) is 0.583. The van der Waals surface area contributed by atoms with E-state index in [1.807, 2.05) is 43.4 Å². The molecule has 1 saturated heterocycles. The Morgan fingerprint density at radius 3 is 2.67 bits per heavy atom. The average molecular weight is 242 g/mol. The van der Waals surface area contributed by atoms with Gasteiger partial charge in [0, 0.05) is 5.57 Å². The lowest BCUT2D eigenvalue weighted by Gasteiger charge is -2.20. The summed E-state index contributed by atoms with van der Waals surface area (Å²) < 4.78 is 0.497. The maximum absolute atomic E-state index is 9.00. The number of hydrogen-bond donors (Lipinski definition) is 1. The molecule has 0 radical (unpaired) electrons. The van der Waals surface area contributed by atoms with Crippen molar-refractivity contribution in [3.8, 4) is 0 Å². The van der Waals surface area contributed by atoms with Crippen LogP contribution in [0.25, 0.3) is 0 Å². The molecule has 0 aromatic rings. The van der Waals surface area contributed by atoms with Crippen molar-refractivity contribution >= 4 is 23.5 Å². The summed E-state index contributed by atoms with van der Waals surface area (Å²) in [4.78, 5) is 0.